The van der Waals surface area contributed by atoms with Gasteiger partial charge in [0.1, 0.15) is 11.9 Å². The standard InChI is InChI=1S/C24H27F3N6O2/c1-15-10-19-20(28-12-15)11-21(33-6-8-34-9-7-33)32-22(19)35-18-4-2-17(3-5-18)31-23-29-13-16(14-30-23)24(25,26)27/h10-14,17-18H,2-9H2,1H3,(H,29,30,31). The lowest BCUT2D eigenvalue weighted by Gasteiger charge is -2.31. The molecule has 2 aliphatic rings. The van der Waals surface area contributed by atoms with Crippen molar-refractivity contribution in [2.45, 2.75) is 50.9 Å². The monoisotopic (exact) mass is 488 g/mol. The topological polar surface area (TPSA) is 85.3 Å². The summed E-state index contributed by atoms with van der Waals surface area (Å²) in [6, 6.07) is 4.11. The fraction of sp³-hybridized carbons (Fsp3) is 0.500. The second-order valence-corrected chi connectivity index (χ2v) is 8.99. The van der Waals surface area contributed by atoms with E-state index in [1.165, 1.54) is 0 Å². The largest absolute Gasteiger partial charge is 0.474 e. The summed E-state index contributed by atoms with van der Waals surface area (Å²) in [5.41, 5.74) is 1.02. The Morgan fingerprint density at radius 2 is 1.71 bits per heavy atom. The molecule has 0 unspecified atom stereocenters. The molecule has 8 nitrogen and oxygen atoms in total. The first-order chi connectivity index (χ1) is 16.8. The molecule has 4 heterocycles. The molecule has 186 valence electrons. The van der Waals surface area contributed by atoms with E-state index in [4.69, 9.17) is 14.5 Å². The van der Waals surface area contributed by atoms with Crippen molar-refractivity contribution in [1.82, 2.24) is 19.9 Å². The van der Waals surface area contributed by atoms with Gasteiger partial charge in [-0.3, -0.25) is 4.98 Å². The SMILES string of the molecule is Cc1cnc2cc(N3CCOCC3)nc(OC3CCC(Nc4ncc(C(F)(F)F)cn4)CC3)c2c1. The van der Waals surface area contributed by atoms with E-state index in [0.29, 0.717) is 19.1 Å². The molecule has 3 aromatic heterocycles. The van der Waals surface area contributed by atoms with Crippen molar-refractivity contribution in [3.63, 3.8) is 0 Å². The van der Waals surface area contributed by atoms with E-state index in [0.717, 1.165) is 73.5 Å². The number of pyridine rings is 2. The molecule has 0 amide bonds. The minimum atomic E-state index is -4.45. The average molecular weight is 489 g/mol. The van der Waals surface area contributed by atoms with Crippen molar-refractivity contribution < 1.29 is 22.6 Å². The Labute approximate surface area is 200 Å². The summed E-state index contributed by atoms with van der Waals surface area (Å²) < 4.78 is 50.0. The Morgan fingerprint density at radius 1 is 1.00 bits per heavy atom. The zero-order valence-corrected chi connectivity index (χ0v) is 19.4. The minimum absolute atomic E-state index is 0.0160. The Bertz CT molecular complexity index is 1160. The molecule has 1 aliphatic carbocycles. The van der Waals surface area contributed by atoms with Crippen LogP contribution in [0.3, 0.4) is 0 Å². The van der Waals surface area contributed by atoms with Crippen molar-refractivity contribution in [3.8, 4) is 5.88 Å². The fourth-order valence-corrected chi connectivity index (χ4v) is 4.44. The first-order valence-electron chi connectivity index (χ1n) is 11.8. The van der Waals surface area contributed by atoms with Crippen LogP contribution in [-0.2, 0) is 10.9 Å². The van der Waals surface area contributed by atoms with Crippen LogP contribution in [0.15, 0.2) is 30.7 Å². The number of ether oxygens (including phenoxy) is 2. The van der Waals surface area contributed by atoms with Gasteiger partial charge in [0.25, 0.3) is 0 Å². The van der Waals surface area contributed by atoms with Gasteiger partial charge in [-0.1, -0.05) is 0 Å². The average Bonchev–Trinajstić information content (AvgIpc) is 2.86. The van der Waals surface area contributed by atoms with E-state index in [9.17, 15) is 13.2 Å². The lowest BCUT2D eigenvalue weighted by molar-refractivity contribution is -0.138. The van der Waals surface area contributed by atoms with E-state index in [-0.39, 0.29) is 18.1 Å². The lowest BCUT2D eigenvalue weighted by atomic mass is 9.93. The summed E-state index contributed by atoms with van der Waals surface area (Å²) >= 11 is 0. The van der Waals surface area contributed by atoms with Gasteiger partial charge in [0, 0.05) is 43.8 Å². The Morgan fingerprint density at radius 3 is 2.40 bits per heavy atom. The molecule has 0 bridgehead atoms. The third-order valence-electron chi connectivity index (χ3n) is 6.37. The molecule has 5 rings (SSSR count). The fourth-order valence-electron chi connectivity index (χ4n) is 4.44. The van der Waals surface area contributed by atoms with Crippen LogP contribution in [0.25, 0.3) is 10.9 Å². The van der Waals surface area contributed by atoms with Crippen LogP contribution in [-0.4, -0.2) is 58.4 Å². The molecular formula is C24H27F3N6O2. The van der Waals surface area contributed by atoms with Crippen LogP contribution >= 0.6 is 0 Å². The maximum absolute atomic E-state index is 12.7. The Hall–Kier alpha value is -3.21. The number of aryl methyl sites for hydroxylation is 1. The van der Waals surface area contributed by atoms with Crippen molar-refractivity contribution in [2.75, 3.05) is 36.5 Å². The number of halogens is 3. The molecular weight excluding hydrogens is 461 g/mol. The van der Waals surface area contributed by atoms with Crippen LogP contribution in [0.1, 0.15) is 36.8 Å². The minimum Gasteiger partial charge on any atom is -0.474 e. The number of morpholine rings is 1. The summed E-state index contributed by atoms with van der Waals surface area (Å²) in [6.07, 6.45) is 2.12. The highest BCUT2D eigenvalue weighted by Gasteiger charge is 2.31. The quantitative estimate of drug-likeness (QED) is 0.566. The molecule has 3 aromatic rings. The van der Waals surface area contributed by atoms with Gasteiger partial charge >= 0.3 is 6.18 Å². The molecule has 2 fully saturated rings. The van der Waals surface area contributed by atoms with Gasteiger partial charge in [0.2, 0.25) is 11.8 Å². The number of hydrogen-bond donors (Lipinski definition) is 1. The normalized spacial score (nSPS) is 21.2. The highest BCUT2D eigenvalue weighted by Crippen LogP contribution is 2.32. The Kier molecular flexibility index (Phi) is 6.59. The van der Waals surface area contributed by atoms with Crippen molar-refractivity contribution in [2.24, 2.45) is 0 Å². The molecule has 0 atom stereocenters. The highest BCUT2D eigenvalue weighted by molar-refractivity contribution is 5.86. The molecule has 0 spiro atoms. The van der Waals surface area contributed by atoms with E-state index >= 15 is 0 Å². The number of anilines is 2. The molecule has 11 heteroatoms. The van der Waals surface area contributed by atoms with Gasteiger partial charge in [-0.2, -0.15) is 18.2 Å². The van der Waals surface area contributed by atoms with Crippen molar-refractivity contribution in [3.05, 3.63) is 41.9 Å². The molecule has 1 saturated heterocycles. The Balaban J connectivity index is 1.25. The number of rotatable bonds is 5. The van der Waals surface area contributed by atoms with Gasteiger partial charge in [0.15, 0.2) is 0 Å². The van der Waals surface area contributed by atoms with Gasteiger partial charge in [-0.05, 0) is 44.2 Å². The first-order valence-corrected chi connectivity index (χ1v) is 11.8. The summed E-state index contributed by atoms with van der Waals surface area (Å²) in [6.45, 7) is 4.86. The van der Waals surface area contributed by atoms with Gasteiger partial charge in [-0.15, -0.1) is 0 Å². The maximum atomic E-state index is 12.7. The number of nitrogens with zero attached hydrogens (tertiary/aromatic N) is 5. The summed E-state index contributed by atoms with van der Waals surface area (Å²) in [5, 5.41) is 4.03. The highest BCUT2D eigenvalue weighted by atomic mass is 19.4. The summed E-state index contributed by atoms with van der Waals surface area (Å²) in [4.78, 5) is 19.3. The third kappa shape index (κ3) is 5.55. The van der Waals surface area contributed by atoms with E-state index in [1.54, 1.807) is 0 Å². The number of nitrogens with one attached hydrogen (secondary N) is 1. The molecule has 1 N–H and O–H groups in total. The van der Waals surface area contributed by atoms with Crippen LogP contribution in [0.2, 0.25) is 0 Å². The van der Waals surface area contributed by atoms with Gasteiger partial charge in [0.05, 0.1) is 29.7 Å². The molecule has 0 aromatic carbocycles. The van der Waals surface area contributed by atoms with E-state index in [2.05, 4.69) is 25.2 Å². The van der Waals surface area contributed by atoms with Crippen LogP contribution < -0.4 is 15.0 Å². The van der Waals surface area contributed by atoms with Crippen molar-refractivity contribution >= 4 is 22.7 Å². The zero-order valence-electron chi connectivity index (χ0n) is 19.4. The zero-order chi connectivity index (χ0) is 24.4. The van der Waals surface area contributed by atoms with Gasteiger partial charge < -0.3 is 19.7 Å². The predicted molar refractivity (Wildman–Crippen MR) is 125 cm³/mol. The summed E-state index contributed by atoms with van der Waals surface area (Å²) in [7, 11) is 0. The first kappa shape index (κ1) is 23.5. The number of aromatic nitrogens is 4. The predicted octanol–water partition coefficient (Wildman–Crippen LogP) is 4.39. The number of hydrogen-bond acceptors (Lipinski definition) is 8. The second kappa shape index (κ2) is 9.80. The number of fused-ring (bicyclic) bond motifs is 1. The summed E-state index contributed by atoms with van der Waals surface area (Å²) in [5.74, 6) is 1.62. The lowest BCUT2D eigenvalue weighted by Crippen LogP contribution is -2.37. The van der Waals surface area contributed by atoms with Gasteiger partial charge in [-0.25, -0.2) is 9.97 Å². The number of alkyl halides is 3. The molecule has 35 heavy (non-hydrogen) atoms. The second-order valence-electron chi connectivity index (χ2n) is 8.99. The van der Waals surface area contributed by atoms with Crippen LogP contribution in [0.4, 0.5) is 24.9 Å². The molecule has 1 saturated carbocycles. The molecule has 1 aliphatic heterocycles. The van der Waals surface area contributed by atoms with Crippen LogP contribution in [0.5, 0.6) is 5.88 Å². The van der Waals surface area contributed by atoms with E-state index < -0.39 is 11.7 Å². The molecule has 0 radical (unpaired) electrons. The third-order valence-corrected chi connectivity index (χ3v) is 6.37. The van der Waals surface area contributed by atoms with E-state index in [1.807, 2.05) is 25.3 Å². The van der Waals surface area contributed by atoms with Crippen LogP contribution in [0, 0.1) is 6.92 Å². The van der Waals surface area contributed by atoms with Crippen molar-refractivity contribution in [1.29, 1.82) is 0 Å². The smallest absolute Gasteiger partial charge is 0.419 e. The maximum Gasteiger partial charge on any atom is 0.419 e.